The number of hydrogen-bond acceptors (Lipinski definition) is 0. The molecule has 1 nitrogen and oxygen atoms in total. The number of hydrogen-bond donors (Lipinski definition) is 0. The Morgan fingerprint density at radius 2 is 1.80 bits per heavy atom. The molecule has 0 aromatic carbocycles. The van der Waals surface area contributed by atoms with E-state index >= 15 is 0 Å². The zero-order chi connectivity index (χ0) is 7.23. The normalized spacial score (nSPS) is 20.1. The molecule has 0 aliphatic heterocycles. The molecule has 1 fully saturated rings. The fourth-order valence-corrected chi connectivity index (χ4v) is 1.83. The predicted molar refractivity (Wildman–Crippen MR) is 41.4 cm³/mol. The molecular weight excluding hydrogens is 124 g/mol. The Hall–Kier alpha value is -0.0400. The van der Waals surface area contributed by atoms with E-state index < -0.39 is 0 Å². The Morgan fingerprint density at radius 1 is 1.10 bits per heavy atom. The molecule has 0 heterocycles. The third-order valence-electron chi connectivity index (χ3n) is 2.48. The van der Waals surface area contributed by atoms with Crippen molar-refractivity contribution in [2.75, 3.05) is 6.61 Å². The first-order valence-electron chi connectivity index (χ1n) is 4.51. The third kappa shape index (κ3) is 2.70. The summed E-state index contributed by atoms with van der Waals surface area (Å²) in [6.07, 6.45) is 9.12. The lowest BCUT2D eigenvalue weighted by Crippen LogP contribution is -1.93. The maximum absolute atomic E-state index is 10.1. The first-order chi connectivity index (χ1) is 4.93. The molecule has 1 aliphatic rings. The van der Waals surface area contributed by atoms with Gasteiger partial charge in [-0.1, -0.05) is 38.5 Å². The van der Waals surface area contributed by atoms with Gasteiger partial charge in [0.05, 0.1) is 6.61 Å². The highest BCUT2D eigenvalue weighted by Crippen LogP contribution is 2.28. The third-order valence-corrected chi connectivity index (χ3v) is 2.48. The standard InChI is InChI=1S/C9H17O/c10-8-4-3-7-9-5-1-2-6-9/h9H,1-8H2. The van der Waals surface area contributed by atoms with Gasteiger partial charge in [-0.2, -0.15) is 0 Å². The summed E-state index contributed by atoms with van der Waals surface area (Å²) in [4.78, 5) is 0. The van der Waals surface area contributed by atoms with E-state index in [-0.39, 0.29) is 6.61 Å². The summed E-state index contributed by atoms with van der Waals surface area (Å²) in [6, 6.07) is 0. The molecule has 0 saturated heterocycles. The van der Waals surface area contributed by atoms with Gasteiger partial charge in [0.2, 0.25) is 0 Å². The zero-order valence-corrected chi connectivity index (χ0v) is 6.64. The molecule has 0 aromatic heterocycles. The van der Waals surface area contributed by atoms with Gasteiger partial charge >= 0.3 is 0 Å². The fourth-order valence-electron chi connectivity index (χ4n) is 1.83. The number of unbranched alkanes of at least 4 members (excludes halogenated alkanes) is 1. The van der Waals surface area contributed by atoms with Crippen LogP contribution in [-0.4, -0.2) is 6.61 Å². The molecule has 0 bridgehead atoms. The van der Waals surface area contributed by atoms with Crippen molar-refractivity contribution in [3.8, 4) is 0 Å². The zero-order valence-electron chi connectivity index (χ0n) is 6.64. The summed E-state index contributed by atoms with van der Waals surface area (Å²) in [5.74, 6) is 0.978. The lowest BCUT2D eigenvalue weighted by Gasteiger charge is -2.05. The molecule has 1 aliphatic carbocycles. The van der Waals surface area contributed by atoms with Crippen LogP contribution in [-0.2, 0) is 5.11 Å². The summed E-state index contributed by atoms with van der Waals surface area (Å²) in [6.45, 7) is 0.132. The summed E-state index contributed by atoms with van der Waals surface area (Å²) >= 11 is 0. The maximum Gasteiger partial charge on any atom is 0.0822 e. The maximum atomic E-state index is 10.1. The Labute approximate surface area is 63.4 Å². The Kier molecular flexibility index (Phi) is 3.81. The molecule has 1 radical (unpaired) electrons. The van der Waals surface area contributed by atoms with Crippen LogP contribution in [0, 0.1) is 5.92 Å². The van der Waals surface area contributed by atoms with Crippen molar-refractivity contribution in [2.45, 2.75) is 44.9 Å². The minimum atomic E-state index is 0.132. The topological polar surface area (TPSA) is 19.9 Å². The van der Waals surface area contributed by atoms with Crippen molar-refractivity contribution in [1.82, 2.24) is 0 Å². The van der Waals surface area contributed by atoms with E-state index in [0.29, 0.717) is 0 Å². The first-order valence-corrected chi connectivity index (χ1v) is 4.51. The van der Waals surface area contributed by atoms with Crippen molar-refractivity contribution in [3.63, 3.8) is 0 Å². The van der Waals surface area contributed by atoms with Gasteiger partial charge in [0.15, 0.2) is 0 Å². The van der Waals surface area contributed by atoms with Gasteiger partial charge in [0, 0.05) is 0 Å². The van der Waals surface area contributed by atoms with Gasteiger partial charge in [-0.25, -0.2) is 5.11 Å². The lowest BCUT2D eigenvalue weighted by molar-refractivity contribution is 0.184. The second-order valence-electron chi connectivity index (χ2n) is 3.35. The van der Waals surface area contributed by atoms with Crippen LogP contribution in [0.4, 0.5) is 0 Å². The molecule has 0 atom stereocenters. The summed E-state index contributed by atoms with van der Waals surface area (Å²) in [5, 5.41) is 10.1. The monoisotopic (exact) mass is 141 g/mol. The molecule has 0 N–H and O–H groups in total. The quantitative estimate of drug-likeness (QED) is 0.536. The van der Waals surface area contributed by atoms with Crippen molar-refractivity contribution >= 4 is 0 Å². The van der Waals surface area contributed by atoms with E-state index in [2.05, 4.69) is 0 Å². The van der Waals surface area contributed by atoms with Gasteiger partial charge in [0.25, 0.3) is 0 Å². The first kappa shape index (κ1) is 8.06. The van der Waals surface area contributed by atoms with Crippen LogP contribution in [0.1, 0.15) is 44.9 Å². The second kappa shape index (κ2) is 4.73. The Balaban J connectivity index is 1.91. The molecule has 1 saturated carbocycles. The van der Waals surface area contributed by atoms with E-state index in [4.69, 9.17) is 0 Å². The highest BCUT2D eigenvalue weighted by Gasteiger charge is 2.13. The Bertz CT molecular complexity index is 74.8. The van der Waals surface area contributed by atoms with E-state index in [1.165, 1.54) is 38.5 Å². The average Bonchev–Trinajstić information content (AvgIpc) is 2.41. The average molecular weight is 141 g/mol. The van der Waals surface area contributed by atoms with Gasteiger partial charge in [-0.15, -0.1) is 0 Å². The van der Waals surface area contributed by atoms with E-state index in [1.807, 2.05) is 0 Å². The number of rotatable bonds is 4. The lowest BCUT2D eigenvalue weighted by atomic mass is 10.0. The van der Waals surface area contributed by atoms with Crippen LogP contribution in [0.5, 0.6) is 0 Å². The van der Waals surface area contributed by atoms with Crippen LogP contribution in [0.15, 0.2) is 0 Å². The minimum Gasteiger partial charge on any atom is -0.237 e. The summed E-state index contributed by atoms with van der Waals surface area (Å²) in [5.41, 5.74) is 0. The molecule has 0 spiro atoms. The molecular formula is C9H17O. The summed E-state index contributed by atoms with van der Waals surface area (Å²) in [7, 11) is 0. The molecule has 1 heteroatoms. The van der Waals surface area contributed by atoms with Crippen LogP contribution in [0.25, 0.3) is 0 Å². The molecule has 0 amide bonds. The van der Waals surface area contributed by atoms with Gasteiger partial charge in [-0.05, 0) is 12.3 Å². The molecule has 59 valence electrons. The van der Waals surface area contributed by atoms with Crippen LogP contribution >= 0.6 is 0 Å². The van der Waals surface area contributed by atoms with Crippen molar-refractivity contribution in [2.24, 2.45) is 5.92 Å². The van der Waals surface area contributed by atoms with Crippen LogP contribution in [0.3, 0.4) is 0 Å². The molecule has 0 aromatic rings. The summed E-state index contributed by atoms with van der Waals surface area (Å²) < 4.78 is 0. The highest BCUT2D eigenvalue weighted by atomic mass is 16.2. The van der Waals surface area contributed by atoms with Crippen molar-refractivity contribution in [3.05, 3.63) is 0 Å². The largest absolute Gasteiger partial charge is 0.237 e. The van der Waals surface area contributed by atoms with Gasteiger partial charge < -0.3 is 0 Å². The Morgan fingerprint density at radius 3 is 2.40 bits per heavy atom. The molecule has 10 heavy (non-hydrogen) atoms. The van der Waals surface area contributed by atoms with E-state index in [1.54, 1.807) is 0 Å². The van der Waals surface area contributed by atoms with Crippen molar-refractivity contribution < 1.29 is 5.11 Å². The van der Waals surface area contributed by atoms with Crippen LogP contribution < -0.4 is 0 Å². The van der Waals surface area contributed by atoms with Crippen LogP contribution in [0.2, 0.25) is 0 Å². The SMILES string of the molecule is [O]CCCCC1CCCC1. The fraction of sp³-hybridized carbons (Fsp3) is 1.00. The minimum absolute atomic E-state index is 0.132. The highest BCUT2D eigenvalue weighted by molar-refractivity contribution is 4.66. The van der Waals surface area contributed by atoms with E-state index in [0.717, 1.165) is 12.3 Å². The predicted octanol–water partition coefficient (Wildman–Crippen LogP) is 2.78. The van der Waals surface area contributed by atoms with E-state index in [9.17, 15) is 5.11 Å². The van der Waals surface area contributed by atoms with Gasteiger partial charge in [0.1, 0.15) is 0 Å². The smallest absolute Gasteiger partial charge is 0.0822 e. The van der Waals surface area contributed by atoms with Crippen molar-refractivity contribution in [1.29, 1.82) is 0 Å². The molecule has 1 rings (SSSR count). The second-order valence-corrected chi connectivity index (χ2v) is 3.35. The van der Waals surface area contributed by atoms with Gasteiger partial charge in [-0.3, -0.25) is 0 Å². The molecule has 0 unspecified atom stereocenters.